The first-order valence-corrected chi connectivity index (χ1v) is 7.95. The minimum Gasteiger partial charge on any atom is -0.399 e. The molecule has 124 valence electrons. The summed E-state index contributed by atoms with van der Waals surface area (Å²) >= 11 is 0. The molecule has 1 fully saturated rings. The minimum atomic E-state index is -0.465. The molecule has 0 unspecified atom stereocenters. The molecule has 0 spiro atoms. The van der Waals surface area contributed by atoms with Crippen LogP contribution < -0.4 is 5.46 Å². The molecule has 0 radical (unpaired) electrons. The highest BCUT2D eigenvalue weighted by Crippen LogP contribution is 2.36. The molecule has 5 heteroatoms. The van der Waals surface area contributed by atoms with Crippen molar-refractivity contribution < 1.29 is 18.5 Å². The second-order valence-corrected chi connectivity index (χ2v) is 7.05. The molecule has 24 heavy (non-hydrogen) atoms. The molecule has 3 nitrogen and oxygen atoms in total. The summed E-state index contributed by atoms with van der Waals surface area (Å²) in [5.74, 6) is -0.635. The number of carbonyl (C=O) groups excluding carboxylic acids is 1. The summed E-state index contributed by atoms with van der Waals surface area (Å²) in [4.78, 5) is 12.4. The van der Waals surface area contributed by atoms with Crippen LogP contribution in [-0.4, -0.2) is 24.1 Å². The fourth-order valence-corrected chi connectivity index (χ4v) is 2.57. The molecule has 0 N–H and O–H groups in total. The molecule has 0 aliphatic carbocycles. The van der Waals surface area contributed by atoms with Crippen LogP contribution in [0.5, 0.6) is 0 Å². The van der Waals surface area contributed by atoms with Gasteiger partial charge >= 0.3 is 7.12 Å². The zero-order chi connectivity index (χ0) is 17.5. The maximum Gasteiger partial charge on any atom is 0.494 e. The molecule has 1 saturated heterocycles. The molecule has 0 aromatic heterocycles. The van der Waals surface area contributed by atoms with Crippen LogP contribution in [0.1, 0.15) is 43.6 Å². The molecule has 2 aromatic rings. The summed E-state index contributed by atoms with van der Waals surface area (Å²) < 4.78 is 25.3. The van der Waals surface area contributed by atoms with E-state index < -0.39 is 24.1 Å². The van der Waals surface area contributed by atoms with Gasteiger partial charge < -0.3 is 9.31 Å². The van der Waals surface area contributed by atoms with Crippen molar-refractivity contribution in [2.75, 3.05) is 0 Å². The van der Waals surface area contributed by atoms with E-state index in [-0.39, 0.29) is 5.78 Å². The molecule has 0 bridgehead atoms. The Bertz CT molecular complexity index is 752. The first-order chi connectivity index (χ1) is 11.2. The first-order valence-electron chi connectivity index (χ1n) is 7.95. The van der Waals surface area contributed by atoms with Gasteiger partial charge in [0.05, 0.1) is 11.2 Å². The zero-order valence-electron chi connectivity index (χ0n) is 14.3. The van der Waals surface area contributed by atoms with Crippen LogP contribution in [0.3, 0.4) is 0 Å². The Morgan fingerprint density at radius 1 is 0.917 bits per heavy atom. The third-order valence-corrected chi connectivity index (χ3v) is 4.79. The van der Waals surface area contributed by atoms with Crippen LogP contribution in [0.4, 0.5) is 4.39 Å². The van der Waals surface area contributed by atoms with Crippen molar-refractivity contribution in [3.63, 3.8) is 0 Å². The van der Waals surface area contributed by atoms with Crippen LogP contribution >= 0.6 is 0 Å². The van der Waals surface area contributed by atoms with E-state index in [1.54, 1.807) is 18.2 Å². The molecule has 2 aromatic carbocycles. The van der Waals surface area contributed by atoms with E-state index >= 15 is 0 Å². The Morgan fingerprint density at radius 3 is 2.04 bits per heavy atom. The van der Waals surface area contributed by atoms with Crippen LogP contribution in [0.2, 0.25) is 0 Å². The van der Waals surface area contributed by atoms with Gasteiger partial charge in [0, 0.05) is 11.1 Å². The average Bonchev–Trinajstić information content (AvgIpc) is 2.75. The van der Waals surface area contributed by atoms with Crippen molar-refractivity contribution in [2.45, 2.75) is 38.9 Å². The van der Waals surface area contributed by atoms with Gasteiger partial charge in [0.15, 0.2) is 5.78 Å². The summed E-state index contributed by atoms with van der Waals surface area (Å²) in [7, 11) is -0.465. The highest BCUT2D eigenvalue weighted by Gasteiger charge is 2.51. The monoisotopic (exact) mass is 326 g/mol. The van der Waals surface area contributed by atoms with Gasteiger partial charge in [0.2, 0.25) is 0 Å². The highest BCUT2D eigenvalue weighted by molar-refractivity contribution is 6.62. The lowest BCUT2D eigenvalue weighted by Crippen LogP contribution is -2.41. The van der Waals surface area contributed by atoms with Crippen molar-refractivity contribution in [1.82, 2.24) is 0 Å². The molecule has 1 heterocycles. The van der Waals surface area contributed by atoms with Crippen molar-refractivity contribution in [3.8, 4) is 0 Å². The lowest BCUT2D eigenvalue weighted by Gasteiger charge is -2.32. The third kappa shape index (κ3) is 3.02. The van der Waals surface area contributed by atoms with Crippen molar-refractivity contribution in [3.05, 3.63) is 65.5 Å². The maximum atomic E-state index is 13.3. The van der Waals surface area contributed by atoms with E-state index in [0.29, 0.717) is 11.1 Å². The normalized spacial score (nSPS) is 18.6. The summed E-state index contributed by atoms with van der Waals surface area (Å²) in [5, 5.41) is 0. The maximum absolute atomic E-state index is 13.3. The summed E-state index contributed by atoms with van der Waals surface area (Å²) in [6.07, 6.45) is 0. The number of hydrogen-bond acceptors (Lipinski definition) is 3. The molecular weight excluding hydrogens is 306 g/mol. The highest BCUT2D eigenvalue weighted by atomic mass is 19.1. The third-order valence-electron chi connectivity index (χ3n) is 4.79. The predicted octanol–water partition coefficient (Wildman–Crippen LogP) is 3.36. The van der Waals surface area contributed by atoms with Crippen molar-refractivity contribution in [2.24, 2.45) is 0 Å². The Morgan fingerprint density at radius 2 is 1.50 bits per heavy atom. The largest absolute Gasteiger partial charge is 0.494 e. The Hall–Kier alpha value is -1.98. The van der Waals surface area contributed by atoms with Gasteiger partial charge in [-0.2, -0.15) is 0 Å². The second-order valence-electron chi connectivity index (χ2n) is 7.05. The van der Waals surface area contributed by atoms with Gasteiger partial charge in [-0.25, -0.2) is 4.39 Å². The van der Waals surface area contributed by atoms with E-state index in [4.69, 9.17) is 9.31 Å². The topological polar surface area (TPSA) is 35.5 Å². The number of benzene rings is 2. The number of carbonyl (C=O) groups is 1. The summed E-state index contributed by atoms with van der Waals surface area (Å²) in [6.45, 7) is 7.98. The number of ketones is 1. The molecule has 0 saturated carbocycles. The molecule has 3 rings (SSSR count). The van der Waals surface area contributed by atoms with Crippen LogP contribution in [0.15, 0.2) is 48.5 Å². The molecule has 0 atom stereocenters. The minimum absolute atomic E-state index is 0.213. The van der Waals surface area contributed by atoms with Crippen molar-refractivity contribution >= 4 is 18.4 Å². The van der Waals surface area contributed by atoms with Crippen molar-refractivity contribution in [1.29, 1.82) is 0 Å². The summed E-state index contributed by atoms with van der Waals surface area (Å²) in [6, 6.07) is 12.8. The smallest absolute Gasteiger partial charge is 0.399 e. The fraction of sp³-hybridized carbons (Fsp3) is 0.316. The SMILES string of the molecule is CC1(C)OB(c2ccc(C(=O)c3cccc(F)c3)cc2)OC1(C)C. The summed E-state index contributed by atoms with van der Waals surface area (Å²) in [5.41, 5.74) is 0.866. The van der Waals surface area contributed by atoms with Crippen LogP contribution in [-0.2, 0) is 9.31 Å². The standard InChI is InChI=1S/C19H20BFO3/c1-18(2)19(3,4)24-20(23-18)15-10-8-13(9-11-15)17(22)14-6-5-7-16(21)12-14/h5-12H,1-4H3. The Balaban J connectivity index is 1.81. The van der Waals surface area contributed by atoms with E-state index in [0.717, 1.165) is 5.46 Å². The van der Waals surface area contributed by atoms with E-state index in [1.807, 2.05) is 39.8 Å². The number of halogens is 1. The van der Waals surface area contributed by atoms with Crippen LogP contribution in [0, 0.1) is 5.82 Å². The molecule has 1 aliphatic heterocycles. The van der Waals surface area contributed by atoms with Gasteiger partial charge in [-0.15, -0.1) is 0 Å². The van der Waals surface area contributed by atoms with Gasteiger partial charge in [0.25, 0.3) is 0 Å². The van der Waals surface area contributed by atoms with Gasteiger partial charge in [-0.1, -0.05) is 36.4 Å². The van der Waals surface area contributed by atoms with E-state index in [1.165, 1.54) is 18.2 Å². The lowest BCUT2D eigenvalue weighted by atomic mass is 9.78. The van der Waals surface area contributed by atoms with Gasteiger partial charge in [-0.05, 0) is 45.3 Å². The fourth-order valence-electron chi connectivity index (χ4n) is 2.57. The van der Waals surface area contributed by atoms with E-state index in [2.05, 4.69) is 0 Å². The Labute approximate surface area is 141 Å². The van der Waals surface area contributed by atoms with E-state index in [9.17, 15) is 9.18 Å². The second kappa shape index (κ2) is 5.83. The van der Waals surface area contributed by atoms with Crippen LogP contribution in [0.25, 0.3) is 0 Å². The van der Waals surface area contributed by atoms with Gasteiger partial charge in [0.1, 0.15) is 5.82 Å². The average molecular weight is 326 g/mol. The predicted molar refractivity (Wildman–Crippen MR) is 92.0 cm³/mol. The Kier molecular flexibility index (Phi) is 4.10. The van der Waals surface area contributed by atoms with Gasteiger partial charge in [-0.3, -0.25) is 4.79 Å². The lowest BCUT2D eigenvalue weighted by molar-refractivity contribution is 0.00578. The molecule has 1 aliphatic rings. The first kappa shape index (κ1) is 16.9. The zero-order valence-corrected chi connectivity index (χ0v) is 14.3. The number of rotatable bonds is 3. The quantitative estimate of drug-likeness (QED) is 0.641. The molecular formula is C19H20BFO3. The molecule has 0 amide bonds. The number of hydrogen-bond donors (Lipinski definition) is 0.